The maximum atomic E-state index is 13.5. The van der Waals surface area contributed by atoms with Gasteiger partial charge in [0.15, 0.2) is 23.9 Å². The molecule has 34 heavy (non-hydrogen) atoms. The van der Waals surface area contributed by atoms with Gasteiger partial charge in [0.25, 0.3) is 5.91 Å². The van der Waals surface area contributed by atoms with E-state index < -0.39 is 5.91 Å². The predicted octanol–water partition coefficient (Wildman–Crippen LogP) is 4.38. The van der Waals surface area contributed by atoms with Gasteiger partial charge in [0.1, 0.15) is 11.3 Å². The van der Waals surface area contributed by atoms with Crippen molar-refractivity contribution < 1.29 is 27.8 Å². The SMILES string of the molecule is COc1ccc(-c2oc3cc(C)cc(C)c3c(=O)c2OCC(=O)NCc2ccco2)cc1OC. The molecule has 2 heterocycles. The Hall–Kier alpha value is -4.20. The summed E-state index contributed by atoms with van der Waals surface area (Å²) in [6.07, 6.45) is 1.53. The number of benzene rings is 2. The molecule has 0 aliphatic carbocycles. The quantitative estimate of drug-likeness (QED) is 0.414. The third-order valence-corrected chi connectivity index (χ3v) is 5.33. The molecule has 1 amide bonds. The molecule has 1 N–H and O–H groups in total. The Morgan fingerprint density at radius 2 is 1.82 bits per heavy atom. The zero-order chi connectivity index (χ0) is 24.2. The maximum Gasteiger partial charge on any atom is 0.258 e. The van der Waals surface area contributed by atoms with Crippen molar-refractivity contribution in [2.75, 3.05) is 20.8 Å². The molecule has 0 aliphatic rings. The first-order chi connectivity index (χ1) is 16.4. The van der Waals surface area contributed by atoms with Crippen molar-refractivity contribution in [3.8, 4) is 28.6 Å². The topological polar surface area (TPSA) is 100 Å². The second-order valence-electron chi connectivity index (χ2n) is 7.76. The van der Waals surface area contributed by atoms with Crippen molar-refractivity contribution in [2.24, 2.45) is 0 Å². The van der Waals surface area contributed by atoms with E-state index in [9.17, 15) is 9.59 Å². The minimum absolute atomic E-state index is 0.0557. The molecular formula is C26H25NO7. The van der Waals surface area contributed by atoms with E-state index in [0.29, 0.717) is 33.8 Å². The molecule has 8 heteroatoms. The van der Waals surface area contributed by atoms with Gasteiger partial charge in [0, 0.05) is 5.56 Å². The van der Waals surface area contributed by atoms with Crippen molar-refractivity contribution in [1.29, 1.82) is 0 Å². The molecule has 0 saturated carbocycles. The second-order valence-corrected chi connectivity index (χ2v) is 7.76. The van der Waals surface area contributed by atoms with Crippen molar-refractivity contribution in [2.45, 2.75) is 20.4 Å². The number of amides is 1. The summed E-state index contributed by atoms with van der Waals surface area (Å²) in [5.41, 5.74) is 2.33. The molecule has 4 aromatic rings. The number of aryl methyl sites for hydroxylation is 2. The van der Waals surface area contributed by atoms with Crippen LogP contribution in [0, 0.1) is 13.8 Å². The van der Waals surface area contributed by atoms with E-state index >= 15 is 0 Å². The highest BCUT2D eigenvalue weighted by Crippen LogP contribution is 2.37. The number of hydrogen-bond donors (Lipinski definition) is 1. The highest BCUT2D eigenvalue weighted by molar-refractivity contribution is 5.86. The molecule has 0 fully saturated rings. The molecule has 176 valence electrons. The van der Waals surface area contributed by atoms with Gasteiger partial charge in [-0.3, -0.25) is 9.59 Å². The Balaban J connectivity index is 1.75. The lowest BCUT2D eigenvalue weighted by Gasteiger charge is -2.14. The van der Waals surface area contributed by atoms with Gasteiger partial charge in [-0.25, -0.2) is 0 Å². The van der Waals surface area contributed by atoms with Gasteiger partial charge in [0.2, 0.25) is 11.2 Å². The first-order valence-corrected chi connectivity index (χ1v) is 10.6. The van der Waals surface area contributed by atoms with Gasteiger partial charge in [0.05, 0.1) is 32.4 Å². The van der Waals surface area contributed by atoms with Gasteiger partial charge >= 0.3 is 0 Å². The molecule has 0 unspecified atom stereocenters. The van der Waals surface area contributed by atoms with Crippen LogP contribution in [0.2, 0.25) is 0 Å². The molecule has 4 rings (SSSR count). The predicted molar refractivity (Wildman–Crippen MR) is 127 cm³/mol. The zero-order valence-corrected chi connectivity index (χ0v) is 19.4. The van der Waals surface area contributed by atoms with Gasteiger partial charge in [-0.2, -0.15) is 0 Å². The van der Waals surface area contributed by atoms with E-state index in [-0.39, 0.29) is 30.1 Å². The molecule has 0 atom stereocenters. The minimum Gasteiger partial charge on any atom is -0.493 e. The fraction of sp³-hybridized carbons (Fsp3) is 0.231. The third-order valence-electron chi connectivity index (χ3n) is 5.33. The Morgan fingerprint density at radius 1 is 1.03 bits per heavy atom. The van der Waals surface area contributed by atoms with Crippen LogP contribution in [-0.2, 0) is 11.3 Å². The average Bonchev–Trinajstić information content (AvgIpc) is 3.34. The number of fused-ring (bicyclic) bond motifs is 1. The minimum atomic E-state index is -0.408. The lowest BCUT2D eigenvalue weighted by atomic mass is 10.0. The molecule has 2 aromatic carbocycles. The second kappa shape index (κ2) is 9.74. The molecule has 2 aromatic heterocycles. The van der Waals surface area contributed by atoms with Crippen LogP contribution in [0.25, 0.3) is 22.3 Å². The van der Waals surface area contributed by atoms with Crippen molar-refractivity contribution in [3.05, 3.63) is 75.8 Å². The van der Waals surface area contributed by atoms with Gasteiger partial charge in [-0.1, -0.05) is 6.07 Å². The van der Waals surface area contributed by atoms with Crippen molar-refractivity contribution in [1.82, 2.24) is 5.32 Å². The summed E-state index contributed by atoms with van der Waals surface area (Å²) in [4.78, 5) is 25.9. The number of nitrogens with one attached hydrogen (secondary N) is 1. The van der Waals surface area contributed by atoms with E-state index in [1.165, 1.54) is 20.5 Å². The normalized spacial score (nSPS) is 10.8. The summed E-state index contributed by atoms with van der Waals surface area (Å²) in [7, 11) is 3.06. The molecule has 0 aliphatic heterocycles. The standard InChI is InChI=1S/C26H25NO7/c1-15-10-16(2)23-21(11-15)34-25(17-7-8-19(30-3)20(12-17)31-4)26(24(23)29)33-14-22(28)27-13-18-6-5-9-32-18/h5-12H,13-14H2,1-4H3,(H,27,28). The highest BCUT2D eigenvalue weighted by Gasteiger charge is 2.21. The monoisotopic (exact) mass is 463 g/mol. The summed E-state index contributed by atoms with van der Waals surface area (Å²) in [5, 5.41) is 3.10. The van der Waals surface area contributed by atoms with E-state index in [4.69, 9.17) is 23.0 Å². The molecular weight excluding hydrogens is 438 g/mol. The van der Waals surface area contributed by atoms with Gasteiger partial charge in [-0.15, -0.1) is 0 Å². The van der Waals surface area contributed by atoms with Gasteiger partial charge < -0.3 is 28.4 Å². The van der Waals surface area contributed by atoms with E-state index in [0.717, 1.165) is 11.1 Å². The zero-order valence-electron chi connectivity index (χ0n) is 19.4. The first kappa shape index (κ1) is 23.0. The van der Waals surface area contributed by atoms with Crippen LogP contribution in [0.15, 0.2) is 62.4 Å². The van der Waals surface area contributed by atoms with Crippen LogP contribution in [0.5, 0.6) is 17.2 Å². The van der Waals surface area contributed by atoms with Crippen LogP contribution in [0.1, 0.15) is 16.9 Å². The number of furan rings is 1. The lowest BCUT2D eigenvalue weighted by molar-refractivity contribution is -0.123. The molecule has 8 nitrogen and oxygen atoms in total. The highest BCUT2D eigenvalue weighted by atomic mass is 16.5. The first-order valence-electron chi connectivity index (χ1n) is 10.6. The maximum absolute atomic E-state index is 13.5. The largest absolute Gasteiger partial charge is 0.493 e. The van der Waals surface area contributed by atoms with E-state index in [1.807, 2.05) is 19.9 Å². The lowest BCUT2D eigenvalue weighted by Crippen LogP contribution is -2.29. The van der Waals surface area contributed by atoms with Crippen LogP contribution >= 0.6 is 0 Å². The van der Waals surface area contributed by atoms with Gasteiger partial charge in [-0.05, 0) is 61.4 Å². The van der Waals surface area contributed by atoms with Crippen LogP contribution in [-0.4, -0.2) is 26.7 Å². The van der Waals surface area contributed by atoms with E-state index in [2.05, 4.69) is 5.32 Å². The molecule has 0 radical (unpaired) electrons. The number of rotatable bonds is 8. The molecule has 0 spiro atoms. The summed E-state index contributed by atoms with van der Waals surface area (Å²) < 4.78 is 27.9. The Bertz CT molecular complexity index is 1390. The number of methoxy groups -OCH3 is 2. The average molecular weight is 463 g/mol. The Labute approximate surface area is 196 Å². The van der Waals surface area contributed by atoms with Crippen LogP contribution in [0.3, 0.4) is 0 Å². The molecule has 0 saturated heterocycles. The summed E-state index contributed by atoms with van der Waals surface area (Å²) >= 11 is 0. The number of hydrogen-bond acceptors (Lipinski definition) is 7. The van der Waals surface area contributed by atoms with Crippen molar-refractivity contribution in [3.63, 3.8) is 0 Å². The Morgan fingerprint density at radius 3 is 2.53 bits per heavy atom. The summed E-state index contributed by atoms with van der Waals surface area (Å²) in [6.45, 7) is 3.60. The number of carbonyl (C=O) groups is 1. The Kier molecular flexibility index (Phi) is 6.58. The third kappa shape index (κ3) is 4.61. The number of ether oxygens (including phenoxy) is 3. The smallest absolute Gasteiger partial charge is 0.258 e. The summed E-state index contributed by atoms with van der Waals surface area (Å²) in [6, 6.07) is 12.3. The van der Waals surface area contributed by atoms with Crippen LogP contribution in [0.4, 0.5) is 0 Å². The van der Waals surface area contributed by atoms with Crippen molar-refractivity contribution >= 4 is 16.9 Å². The number of carbonyl (C=O) groups excluding carboxylic acids is 1. The summed E-state index contributed by atoms with van der Waals surface area (Å²) in [5.74, 6) is 1.33. The van der Waals surface area contributed by atoms with Crippen LogP contribution < -0.4 is 25.0 Å². The fourth-order valence-corrected chi connectivity index (χ4v) is 3.76. The van der Waals surface area contributed by atoms with E-state index in [1.54, 1.807) is 36.4 Å². The molecule has 0 bridgehead atoms. The fourth-order valence-electron chi connectivity index (χ4n) is 3.76.